The molecule has 3 N–H and O–H groups in total. The van der Waals surface area contributed by atoms with Gasteiger partial charge in [-0.3, -0.25) is 0 Å². The smallest absolute Gasteiger partial charge is 0.790 e. The van der Waals surface area contributed by atoms with Gasteiger partial charge < -0.3 is 71.9 Å². The summed E-state index contributed by atoms with van der Waals surface area (Å²) in [4.78, 5) is 63.6. The van der Waals surface area contributed by atoms with E-state index in [2.05, 4.69) is 13.6 Å². The molecule has 0 heterocycles. The molecule has 144 valence electrons. The van der Waals surface area contributed by atoms with E-state index in [1.54, 1.807) is 0 Å². The number of phosphoric ester groups is 3. The van der Waals surface area contributed by atoms with E-state index in [0.29, 0.717) is 0 Å². The van der Waals surface area contributed by atoms with E-state index in [1.807, 2.05) is 0 Å². The quantitative estimate of drug-likeness (QED) is 0.204. The zero-order valence-corrected chi connectivity index (χ0v) is 31.7. The van der Waals surface area contributed by atoms with Crippen LogP contribution in [-0.4, -0.2) is 51.9 Å². The predicted octanol–water partition coefficient (Wildman–Crippen LogP) is -25.3. The van der Waals surface area contributed by atoms with E-state index >= 15 is 0 Å². The van der Waals surface area contributed by atoms with Crippen molar-refractivity contribution in [2.45, 2.75) is 36.6 Å². The molecule has 1 fully saturated rings. The Bertz CT molecular complexity index is 595. The van der Waals surface area contributed by atoms with Gasteiger partial charge in [0.15, 0.2) is 0 Å². The van der Waals surface area contributed by atoms with Crippen LogP contribution in [-0.2, 0) is 27.3 Å². The number of aliphatic hydroxyl groups excluding tert-OH is 3. The molecule has 30 heavy (non-hydrogen) atoms. The normalized spacial score (nSPS) is 28.7. The van der Waals surface area contributed by atoms with Gasteiger partial charge in [-0.15, -0.1) is 0 Å². The molecule has 1 aliphatic rings. The van der Waals surface area contributed by atoms with Crippen LogP contribution in [0, 0.1) is 0 Å². The summed E-state index contributed by atoms with van der Waals surface area (Å²) in [7, 11) is -17.9. The summed E-state index contributed by atoms with van der Waals surface area (Å²) in [6, 6.07) is 0. The maximum Gasteiger partial charge on any atom is 1.00 e. The van der Waals surface area contributed by atoms with Crippen LogP contribution in [0.25, 0.3) is 0 Å². The van der Waals surface area contributed by atoms with Crippen molar-refractivity contribution in [2.75, 3.05) is 0 Å². The van der Waals surface area contributed by atoms with Crippen molar-refractivity contribution >= 4 is 23.5 Å². The van der Waals surface area contributed by atoms with Gasteiger partial charge in [0.05, 0.1) is 23.5 Å². The third-order valence-electron chi connectivity index (χ3n) is 2.77. The van der Waals surface area contributed by atoms with Crippen LogP contribution >= 0.6 is 23.5 Å². The van der Waals surface area contributed by atoms with E-state index in [-0.39, 0.29) is 177 Å². The molecule has 1 rings (SSSR count). The van der Waals surface area contributed by atoms with Gasteiger partial charge in [0, 0.05) is 0 Å². The van der Waals surface area contributed by atoms with E-state index in [9.17, 15) is 58.4 Å². The third kappa shape index (κ3) is 18.5. The fraction of sp³-hybridized carbons (Fsp3) is 1.00. The molecule has 0 aromatic carbocycles. The predicted molar refractivity (Wildman–Crippen MR) is 55.5 cm³/mol. The SMILES string of the molecule is O=P([O-])([O-])O[C@H]1[C@H](O)[C@@H](O)[C@H](OP(=O)([O-])[O-])[C@@H](OP(=O)([O-])[O-])[C@H]1O.[Na+].[Na+].[Na+].[Na+].[Na+].[Na+]. The second kappa shape index (κ2) is 20.2. The summed E-state index contributed by atoms with van der Waals surface area (Å²) < 4.78 is 43.0. The second-order valence-electron chi connectivity index (χ2n) is 4.52. The Balaban J connectivity index is -0.000000240. The summed E-state index contributed by atoms with van der Waals surface area (Å²) >= 11 is 0. The zero-order valence-electron chi connectivity index (χ0n) is 17.0. The Morgan fingerprint density at radius 3 is 0.933 bits per heavy atom. The van der Waals surface area contributed by atoms with Crippen LogP contribution in [0.3, 0.4) is 0 Å². The first-order valence-electron chi connectivity index (χ1n) is 5.67. The molecule has 15 nitrogen and oxygen atoms in total. The largest absolute Gasteiger partial charge is 1.00 e. The standard InChI is InChI=1S/C6H15O15P3.6Na/c7-1-2(8)5(20-23(13,14)15)6(21-24(16,17)18)3(9)4(1)19-22(10,11)12;;;;;;/h1-9H,(H2,10,11,12)(H2,13,14,15)(H2,16,17,18);;;;;;/q;6*+1/p-6/t1-,2-,3+,4+,5+,6+;;;;;;/m1....../s1. The minimum atomic E-state index is -6.01. The molecule has 0 amide bonds. The number of rotatable bonds is 6. The van der Waals surface area contributed by atoms with E-state index in [4.69, 9.17) is 0 Å². The maximum atomic E-state index is 10.6. The topological polar surface area (TPSA) is 278 Å². The molecule has 0 saturated heterocycles. The van der Waals surface area contributed by atoms with Crippen molar-refractivity contribution in [3.8, 4) is 0 Å². The number of aliphatic hydroxyl groups is 3. The Kier molecular flexibility index (Phi) is 33.1. The summed E-state index contributed by atoms with van der Waals surface area (Å²) in [6.45, 7) is 0. The molecule has 0 bridgehead atoms. The molecule has 0 aliphatic heterocycles. The maximum absolute atomic E-state index is 10.6. The monoisotopic (exact) mass is 552 g/mol. The summed E-state index contributed by atoms with van der Waals surface area (Å²) in [5, 5.41) is 28.9. The van der Waals surface area contributed by atoms with E-state index in [0.717, 1.165) is 0 Å². The Labute approximate surface area is 303 Å². The van der Waals surface area contributed by atoms with Crippen molar-refractivity contribution in [2.24, 2.45) is 0 Å². The van der Waals surface area contributed by atoms with Crippen LogP contribution in [0.4, 0.5) is 0 Å². The van der Waals surface area contributed by atoms with Gasteiger partial charge in [-0.05, 0) is 0 Å². The van der Waals surface area contributed by atoms with Crippen LogP contribution in [0.2, 0.25) is 0 Å². The van der Waals surface area contributed by atoms with Gasteiger partial charge in [0.1, 0.15) is 36.6 Å². The minimum Gasteiger partial charge on any atom is -0.790 e. The van der Waals surface area contributed by atoms with E-state index in [1.165, 1.54) is 0 Å². The third-order valence-corrected chi connectivity index (χ3v) is 4.28. The molecule has 24 heteroatoms. The first kappa shape index (κ1) is 49.2. The first-order chi connectivity index (χ1) is 10.5. The van der Waals surface area contributed by atoms with Crippen LogP contribution in [0.1, 0.15) is 0 Å². The Morgan fingerprint density at radius 1 is 0.467 bits per heavy atom. The summed E-state index contributed by atoms with van der Waals surface area (Å²) in [6.07, 6.45) is -15.7. The fourth-order valence-electron chi connectivity index (χ4n) is 1.98. The molecule has 0 aromatic rings. The summed E-state index contributed by atoms with van der Waals surface area (Å²) in [5.74, 6) is 0. The summed E-state index contributed by atoms with van der Waals surface area (Å²) in [5.41, 5.74) is 0. The number of hydrogen-bond acceptors (Lipinski definition) is 15. The average Bonchev–Trinajstić information content (AvgIpc) is 2.32. The number of hydrogen-bond donors (Lipinski definition) is 3. The van der Waals surface area contributed by atoms with Gasteiger partial charge in [-0.25, -0.2) is 0 Å². The molecule has 6 atom stereocenters. The molecule has 0 radical (unpaired) electrons. The van der Waals surface area contributed by atoms with Crippen molar-refractivity contribution in [1.82, 2.24) is 0 Å². The van der Waals surface area contributed by atoms with Gasteiger partial charge in [0.2, 0.25) is 0 Å². The molecule has 1 saturated carbocycles. The van der Waals surface area contributed by atoms with Crippen molar-refractivity contribution in [1.29, 1.82) is 0 Å². The average molecular weight is 552 g/mol. The van der Waals surface area contributed by atoms with Crippen LogP contribution < -0.4 is 207 Å². The molecular formula is C6H9Na6O15P3. The molecular weight excluding hydrogens is 543 g/mol. The van der Waals surface area contributed by atoms with Gasteiger partial charge >= 0.3 is 177 Å². The van der Waals surface area contributed by atoms with E-state index < -0.39 is 60.1 Å². The van der Waals surface area contributed by atoms with Crippen molar-refractivity contribution < 1.29 is 249 Å². The molecule has 0 aromatic heterocycles. The van der Waals surface area contributed by atoms with Crippen molar-refractivity contribution in [3.05, 3.63) is 0 Å². The Hall–Kier alpha value is 6.21. The van der Waals surface area contributed by atoms with Gasteiger partial charge in [-0.1, -0.05) is 0 Å². The number of phosphoric acid groups is 3. The van der Waals surface area contributed by atoms with Gasteiger partial charge in [-0.2, -0.15) is 0 Å². The first-order valence-corrected chi connectivity index (χ1v) is 10.1. The molecule has 0 unspecified atom stereocenters. The van der Waals surface area contributed by atoms with Crippen LogP contribution in [0.5, 0.6) is 0 Å². The van der Waals surface area contributed by atoms with Crippen molar-refractivity contribution in [3.63, 3.8) is 0 Å². The fourth-order valence-corrected chi connectivity index (χ4v) is 3.62. The molecule has 0 spiro atoms. The van der Waals surface area contributed by atoms with Gasteiger partial charge in [0.25, 0.3) is 0 Å². The Morgan fingerprint density at radius 2 is 0.667 bits per heavy atom. The second-order valence-corrected chi connectivity index (χ2v) is 7.84. The zero-order chi connectivity index (χ0) is 19.1. The minimum absolute atomic E-state index is 0. The van der Waals surface area contributed by atoms with Crippen LogP contribution in [0.15, 0.2) is 0 Å². The molecule has 1 aliphatic carbocycles.